The molecule has 1 spiro atoms. The Labute approximate surface area is 196 Å². The molecule has 3 aliphatic rings. The third-order valence-corrected chi connectivity index (χ3v) is 7.01. The first-order valence-corrected chi connectivity index (χ1v) is 10.9. The highest BCUT2D eigenvalue weighted by Gasteiger charge is 2.74. The first-order valence-electron chi connectivity index (χ1n) is 10.9. The first kappa shape index (κ1) is 25.4. The minimum absolute atomic E-state index is 0.0131. The van der Waals surface area contributed by atoms with Crippen LogP contribution in [0, 0.1) is 5.82 Å². The Bertz CT molecular complexity index is 1070. The minimum Gasteiger partial charge on any atom is -0.392 e. The van der Waals surface area contributed by atoms with Gasteiger partial charge in [0.25, 0.3) is 5.91 Å². The Morgan fingerprint density at radius 3 is 2.00 bits per heavy atom. The van der Waals surface area contributed by atoms with Gasteiger partial charge in [0.05, 0.1) is 29.3 Å². The smallest absolute Gasteiger partial charge is 0.392 e. The van der Waals surface area contributed by atoms with E-state index in [1.807, 2.05) is 17.0 Å². The Hall–Kier alpha value is -2.66. The van der Waals surface area contributed by atoms with Crippen LogP contribution in [0.15, 0.2) is 42.5 Å². The van der Waals surface area contributed by atoms with Crippen LogP contribution in [0.5, 0.6) is 0 Å². The molecular weight excluding hydrogens is 483 g/mol. The summed E-state index contributed by atoms with van der Waals surface area (Å²) in [6.07, 6.45) is -6.82. The Morgan fingerprint density at radius 2 is 1.54 bits per heavy atom. The summed E-state index contributed by atoms with van der Waals surface area (Å²) < 4.78 is 86.4. The molecule has 0 bridgehead atoms. The van der Waals surface area contributed by atoms with E-state index in [1.54, 1.807) is 0 Å². The number of piperidine rings is 1. The molecule has 11 heteroatoms. The van der Waals surface area contributed by atoms with E-state index >= 15 is 0 Å². The van der Waals surface area contributed by atoms with Gasteiger partial charge in [-0.05, 0) is 54.3 Å². The number of nitrogens with zero attached hydrogens (tertiary/aromatic N) is 1. The van der Waals surface area contributed by atoms with Gasteiger partial charge in [-0.2, -0.15) is 26.3 Å². The van der Waals surface area contributed by atoms with Gasteiger partial charge in [-0.1, -0.05) is 18.6 Å². The number of rotatable bonds is 2. The molecule has 1 amide bonds. The number of fused-ring (bicyclic) bond motifs is 3. The molecule has 1 aliphatic carbocycles. The average molecular weight is 505 g/mol. The van der Waals surface area contributed by atoms with Gasteiger partial charge in [0, 0.05) is 12.3 Å². The van der Waals surface area contributed by atoms with Gasteiger partial charge in [-0.15, -0.1) is 0 Å². The van der Waals surface area contributed by atoms with Crippen molar-refractivity contribution in [1.29, 1.82) is 0 Å². The van der Waals surface area contributed by atoms with Gasteiger partial charge in [0.2, 0.25) is 0 Å². The lowest BCUT2D eigenvalue weighted by Gasteiger charge is -2.23. The third kappa shape index (κ3) is 4.63. The minimum atomic E-state index is -4.87. The second-order valence-corrected chi connectivity index (χ2v) is 9.04. The zero-order valence-corrected chi connectivity index (χ0v) is 18.2. The van der Waals surface area contributed by atoms with Gasteiger partial charge in [0.1, 0.15) is 11.9 Å². The topological polar surface area (TPSA) is 60.5 Å². The van der Waals surface area contributed by atoms with E-state index in [-0.39, 0.29) is 29.4 Å². The molecule has 0 aromatic heterocycles. The number of aliphatic hydroxyl groups excluding tert-OH is 2. The fourth-order valence-electron chi connectivity index (χ4n) is 5.51. The Balaban J connectivity index is 0.000000168. The van der Waals surface area contributed by atoms with E-state index in [4.69, 9.17) is 5.11 Å². The van der Waals surface area contributed by atoms with Gasteiger partial charge in [0.15, 0.2) is 0 Å². The summed E-state index contributed by atoms with van der Waals surface area (Å²) in [4.78, 5) is 13.8. The van der Waals surface area contributed by atoms with E-state index in [0.29, 0.717) is 24.5 Å². The lowest BCUT2D eigenvalue weighted by Crippen LogP contribution is -2.34. The van der Waals surface area contributed by atoms with Crippen molar-refractivity contribution in [3.8, 4) is 0 Å². The molecule has 3 fully saturated rings. The molecule has 0 radical (unpaired) electrons. The van der Waals surface area contributed by atoms with E-state index in [2.05, 4.69) is 0 Å². The molecule has 35 heavy (non-hydrogen) atoms. The number of amides is 1. The number of hydrogen-bond acceptors (Lipinski definition) is 3. The fraction of sp³-hybridized carbons (Fsp3) is 0.458. The highest BCUT2D eigenvalue weighted by Crippen LogP contribution is 2.63. The molecule has 4 atom stereocenters. The largest absolute Gasteiger partial charge is 0.416 e. The van der Waals surface area contributed by atoms with E-state index in [1.165, 1.54) is 12.1 Å². The molecule has 1 saturated carbocycles. The molecule has 2 N–H and O–H groups in total. The maximum atomic E-state index is 13.0. The number of hydrogen-bond donors (Lipinski definition) is 2. The van der Waals surface area contributed by atoms with Crippen molar-refractivity contribution in [2.24, 2.45) is 0 Å². The van der Waals surface area contributed by atoms with Crippen molar-refractivity contribution in [3.63, 3.8) is 0 Å². The predicted molar refractivity (Wildman–Crippen MR) is 109 cm³/mol. The Kier molecular flexibility index (Phi) is 6.38. The number of halogens is 7. The molecule has 2 aromatic rings. The number of benzene rings is 2. The molecular formula is C24H22F7NO3. The van der Waals surface area contributed by atoms with Crippen LogP contribution < -0.4 is 0 Å². The summed E-state index contributed by atoms with van der Waals surface area (Å²) in [7, 11) is 0. The molecule has 4 nitrogen and oxygen atoms in total. The molecule has 190 valence electrons. The fourth-order valence-corrected chi connectivity index (χ4v) is 5.51. The van der Waals surface area contributed by atoms with Gasteiger partial charge >= 0.3 is 12.4 Å². The monoisotopic (exact) mass is 505 g/mol. The van der Waals surface area contributed by atoms with Crippen molar-refractivity contribution in [3.05, 3.63) is 70.5 Å². The van der Waals surface area contributed by atoms with Crippen LogP contribution in [0.2, 0.25) is 0 Å². The van der Waals surface area contributed by atoms with Crippen LogP contribution in [0.3, 0.4) is 0 Å². The number of carbonyl (C=O) groups excluding carboxylic acids is 1. The normalized spacial score (nSPS) is 27.6. The molecule has 2 aromatic carbocycles. The van der Waals surface area contributed by atoms with E-state index in [0.717, 1.165) is 24.8 Å². The van der Waals surface area contributed by atoms with Gasteiger partial charge in [-0.25, -0.2) is 4.39 Å². The van der Waals surface area contributed by atoms with Crippen molar-refractivity contribution in [2.45, 2.75) is 68.2 Å². The van der Waals surface area contributed by atoms with Crippen LogP contribution in [-0.4, -0.2) is 38.7 Å². The average Bonchev–Trinajstić information content (AvgIpc) is 3.03. The van der Waals surface area contributed by atoms with Gasteiger partial charge < -0.3 is 15.1 Å². The van der Waals surface area contributed by atoms with Crippen molar-refractivity contribution >= 4 is 5.91 Å². The van der Waals surface area contributed by atoms with Crippen LogP contribution in [0.4, 0.5) is 30.7 Å². The van der Waals surface area contributed by atoms with E-state index < -0.39 is 41.8 Å². The summed E-state index contributed by atoms with van der Waals surface area (Å²) >= 11 is 0. The maximum Gasteiger partial charge on any atom is 0.416 e. The zero-order valence-electron chi connectivity index (χ0n) is 18.2. The lowest BCUT2D eigenvalue weighted by molar-refractivity contribution is -0.143. The first-order chi connectivity index (χ1) is 16.3. The number of alkyl halides is 6. The molecule has 2 heterocycles. The summed E-state index contributed by atoms with van der Waals surface area (Å²) in [5.74, 6) is -0.0350. The van der Waals surface area contributed by atoms with Crippen molar-refractivity contribution < 1.29 is 45.7 Å². The second kappa shape index (κ2) is 8.77. The molecule has 2 saturated heterocycles. The molecule has 2 aliphatic heterocycles. The maximum absolute atomic E-state index is 13.0. The summed E-state index contributed by atoms with van der Waals surface area (Å²) in [5, 5.41) is 18.2. The molecule has 5 rings (SSSR count). The van der Waals surface area contributed by atoms with Crippen LogP contribution in [0.1, 0.15) is 53.9 Å². The quantitative estimate of drug-likeness (QED) is 0.445. The highest BCUT2D eigenvalue weighted by atomic mass is 19.4. The molecule has 4 unspecified atom stereocenters. The zero-order chi connectivity index (χ0) is 25.8. The van der Waals surface area contributed by atoms with Crippen molar-refractivity contribution in [1.82, 2.24) is 4.90 Å². The van der Waals surface area contributed by atoms with Crippen LogP contribution in [0.25, 0.3) is 0 Å². The summed E-state index contributed by atoms with van der Waals surface area (Å²) in [5.41, 5.74) is -2.23. The highest BCUT2D eigenvalue weighted by molar-refractivity contribution is 5.89. The second-order valence-electron chi connectivity index (χ2n) is 9.04. The van der Waals surface area contributed by atoms with Gasteiger partial charge in [-0.3, -0.25) is 4.79 Å². The standard InChI is InChI=1S/C15H16FNO2.C9H6F6O/c16-10-5-3-9(4-6-10)11-2-1-7-15(11)13-8-12(18)14(19)17(13)15;10-8(11,12)6-1-5(4-16)2-7(3-6)9(13,14)15/h3-6,11-13,18H,1-2,7-8H2;1-3,16H,4H2. The summed E-state index contributed by atoms with van der Waals surface area (Å²) in [6, 6.07) is 7.83. The third-order valence-electron chi connectivity index (χ3n) is 7.01. The van der Waals surface area contributed by atoms with Crippen LogP contribution in [-0.2, 0) is 23.8 Å². The lowest BCUT2D eigenvalue weighted by atomic mass is 9.83. The van der Waals surface area contributed by atoms with E-state index in [9.17, 15) is 40.6 Å². The predicted octanol–water partition coefficient (Wildman–Crippen LogP) is 5.02. The number of aliphatic hydroxyl groups is 2. The van der Waals surface area contributed by atoms with Crippen molar-refractivity contribution in [2.75, 3.05) is 0 Å². The number of carbonyl (C=O) groups is 1. The summed E-state index contributed by atoms with van der Waals surface area (Å²) in [6.45, 7) is -0.882. The van der Waals surface area contributed by atoms with Crippen LogP contribution >= 0.6 is 0 Å². The SMILES string of the molecule is O=C1C(O)CC2N1C21CCCC1c1ccc(F)cc1.OCc1cc(C(F)(F)F)cc(C(F)(F)F)c1. The Morgan fingerprint density at radius 1 is 0.971 bits per heavy atom.